The van der Waals surface area contributed by atoms with Crippen LogP contribution in [0.15, 0.2) is 38.4 Å². The van der Waals surface area contributed by atoms with Gasteiger partial charge in [0.25, 0.3) is 0 Å². The van der Waals surface area contributed by atoms with Crippen LogP contribution in [0.5, 0.6) is 11.6 Å². The Bertz CT molecular complexity index is 1560. The van der Waals surface area contributed by atoms with Crippen molar-refractivity contribution in [1.82, 2.24) is 9.97 Å². The molecule has 0 saturated carbocycles. The molecule has 3 aromatic rings. The van der Waals surface area contributed by atoms with E-state index in [1.807, 2.05) is 0 Å². The van der Waals surface area contributed by atoms with Crippen LogP contribution in [0.25, 0.3) is 11.3 Å². The molecule has 1 aromatic carbocycles. The van der Waals surface area contributed by atoms with E-state index in [0.29, 0.717) is 31.2 Å². The number of aryl methyl sites for hydroxylation is 1. The molecule has 1 unspecified atom stereocenters. The van der Waals surface area contributed by atoms with Crippen LogP contribution in [-0.4, -0.2) is 27.0 Å². The van der Waals surface area contributed by atoms with Crippen molar-refractivity contribution in [2.75, 3.05) is 12.8 Å². The van der Waals surface area contributed by atoms with Crippen LogP contribution < -0.4 is 10.2 Å². The van der Waals surface area contributed by atoms with E-state index in [1.165, 1.54) is 20.9 Å². The highest BCUT2D eigenvalue weighted by atomic mass is 32.2. The number of ether oxygens (including phenoxy) is 1. The second-order valence-corrected chi connectivity index (χ2v) is 11.2. The molecule has 198 valence electrons. The lowest BCUT2D eigenvalue weighted by molar-refractivity contribution is -0.138. The maximum atomic E-state index is 14.1. The lowest BCUT2D eigenvalue weighted by atomic mass is 10.0. The van der Waals surface area contributed by atoms with Crippen LogP contribution >= 0.6 is 0 Å². The number of benzene rings is 1. The lowest BCUT2D eigenvalue weighted by Crippen LogP contribution is -2.23. The molecular formula is C25H24F5N3O3S. The summed E-state index contributed by atoms with van der Waals surface area (Å²) in [5, 5.41) is 0. The Kier molecular flexibility index (Phi) is 7.15. The quantitative estimate of drug-likeness (QED) is 0.393. The molecule has 0 bridgehead atoms. The van der Waals surface area contributed by atoms with Crippen molar-refractivity contribution in [3.63, 3.8) is 0 Å². The summed E-state index contributed by atoms with van der Waals surface area (Å²) in [5.41, 5.74) is -2.08. The monoisotopic (exact) mass is 541 g/mol. The molecule has 6 nitrogen and oxygen atoms in total. The molecule has 1 aliphatic heterocycles. The molecule has 0 spiro atoms. The fourth-order valence-corrected chi connectivity index (χ4v) is 6.51. The predicted octanol–water partition coefficient (Wildman–Crippen LogP) is 6.33. The summed E-state index contributed by atoms with van der Waals surface area (Å²) >= 11 is 0. The Hall–Kier alpha value is -3.28. The van der Waals surface area contributed by atoms with Gasteiger partial charge < -0.3 is 9.72 Å². The van der Waals surface area contributed by atoms with E-state index in [0.717, 1.165) is 24.6 Å². The maximum absolute atomic E-state index is 14.1. The third-order valence-corrected chi connectivity index (χ3v) is 8.91. The fourth-order valence-electron chi connectivity index (χ4n) is 4.43. The summed E-state index contributed by atoms with van der Waals surface area (Å²) in [6.45, 7) is 2.45. The van der Waals surface area contributed by atoms with Gasteiger partial charge in [-0.25, -0.2) is 22.3 Å². The van der Waals surface area contributed by atoms with Gasteiger partial charge in [0.05, 0.1) is 26.5 Å². The highest BCUT2D eigenvalue weighted by Gasteiger charge is 2.36. The molecule has 1 aliphatic rings. The van der Waals surface area contributed by atoms with Crippen LogP contribution in [0.2, 0.25) is 0 Å². The van der Waals surface area contributed by atoms with E-state index < -0.39 is 38.5 Å². The molecule has 0 fully saturated rings. The average molecular weight is 542 g/mol. The first kappa shape index (κ1) is 26.8. The summed E-state index contributed by atoms with van der Waals surface area (Å²) in [4.78, 5) is 20.1. The smallest absolute Gasteiger partial charge is 0.418 e. The zero-order chi connectivity index (χ0) is 27.1. The van der Waals surface area contributed by atoms with Crippen molar-refractivity contribution in [2.24, 2.45) is 4.36 Å². The number of H-pyrrole nitrogens is 1. The van der Waals surface area contributed by atoms with E-state index in [1.54, 1.807) is 0 Å². The van der Waals surface area contributed by atoms with Crippen molar-refractivity contribution in [3.8, 4) is 22.9 Å². The van der Waals surface area contributed by atoms with Crippen LogP contribution in [-0.2, 0) is 22.3 Å². The topological polar surface area (TPSA) is 84.4 Å². The third-order valence-electron chi connectivity index (χ3n) is 6.40. The van der Waals surface area contributed by atoms with E-state index in [2.05, 4.69) is 14.3 Å². The number of nitrogens with zero attached hydrogens (tertiary/aromatic N) is 2. The third kappa shape index (κ3) is 4.98. The van der Waals surface area contributed by atoms with Gasteiger partial charge >= 0.3 is 6.18 Å². The maximum Gasteiger partial charge on any atom is 0.418 e. The number of alkyl halides is 3. The molecule has 2 aromatic heterocycles. The van der Waals surface area contributed by atoms with Gasteiger partial charge in [-0.1, -0.05) is 6.42 Å². The molecule has 1 N–H and O–H groups in total. The fraction of sp³-hybridized carbons (Fsp3) is 0.360. The molecule has 0 radical (unpaired) electrons. The summed E-state index contributed by atoms with van der Waals surface area (Å²) < 4.78 is 92.2. The minimum Gasteiger partial charge on any atom is -0.438 e. The molecule has 3 heterocycles. The van der Waals surface area contributed by atoms with Crippen LogP contribution in [0, 0.1) is 25.5 Å². The Labute approximate surface area is 210 Å². The van der Waals surface area contributed by atoms with Gasteiger partial charge in [0.1, 0.15) is 10.6 Å². The minimum atomic E-state index is -4.76. The molecule has 0 amide bonds. The van der Waals surface area contributed by atoms with Crippen molar-refractivity contribution >= 4 is 9.73 Å². The normalized spacial score (nSPS) is 18.1. The van der Waals surface area contributed by atoms with Gasteiger partial charge in [-0.05, 0) is 50.8 Å². The van der Waals surface area contributed by atoms with Gasteiger partial charge in [-0.2, -0.15) is 13.2 Å². The van der Waals surface area contributed by atoms with E-state index in [4.69, 9.17) is 4.74 Å². The number of nitrogens with one attached hydrogen (secondary N) is 1. The number of hydrogen-bond donors (Lipinski definition) is 1. The zero-order valence-electron chi connectivity index (χ0n) is 20.3. The zero-order valence-corrected chi connectivity index (χ0v) is 21.1. The summed E-state index contributed by atoms with van der Waals surface area (Å²) in [5.74, 6) is -2.59. The Balaban J connectivity index is 1.99. The first-order chi connectivity index (χ1) is 17.4. The summed E-state index contributed by atoms with van der Waals surface area (Å²) in [6.07, 6.45) is -1.80. The Morgan fingerprint density at radius 1 is 1.11 bits per heavy atom. The first-order valence-corrected chi connectivity index (χ1v) is 13.1. The average Bonchev–Trinajstić information content (AvgIpc) is 2.81. The van der Waals surface area contributed by atoms with Crippen molar-refractivity contribution in [3.05, 3.63) is 68.6 Å². The number of halogens is 5. The summed E-state index contributed by atoms with van der Waals surface area (Å²) in [7, 11) is -1.64. The minimum absolute atomic E-state index is 0.0231. The number of aromatic nitrogens is 2. The molecule has 4 rings (SSSR count). The van der Waals surface area contributed by atoms with Gasteiger partial charge in [0.2, 0.25) is 5.88 Å². The highest BCUT2D eigenvalue weighted by molar-refractivity contribution is 7.93. The van der Waals surface area contributed by atoms with Gasteiger partial charge in [-0.3, -0.25) is 4.79 Å². The van der Waals surface area contributed by atoms with Crippen LogP contribution in [0.4, 0.5) is 22.0 Å². The van der Waals surface area contributed by atoms with Crippen LogP contribution in [0.3, 0.4) is 0 Å². The largest absolute Gasteiger partial charge is 0.438 e. The van der Waals surface area contributed by atoms with Gasteiger partial charge in [-0.15, -0.1) is 0 Å². The summed E-state index contributed by atoms with van der Waals surface area (Å²) in [6, 6.07) is 3.01. The number of fused-ring (bicyclic) bond motifs is 1. The van der Waals surface area contributed by atoms with Crippen molar-refractivity contribution < 1.29 is 30.9 Å². The molecule has 37 heavy (non-hydrogen) atoms. The lowest BCUT2D eigenvalue weighted by Gasteiger charge is -2.21. The van der Waals surface area contributed by atoms with Crippen molar-refractivity contribution in [1.29, 1.82) is 0 Å². The SMILES string of the molecule is CN=S1(=O)CCCCCc2[nH]c(-c3c(Oc4ccc(F)c(F)c4C)ncc(C(F)(F)F)c3C)cc(=O)c21. The molecular weight excluding hydrogens is 517 g/mol. The first-order valence-electron chi connectivity index (χ1n) is 11.5. The van der Waals surface area contributed by atoms with Gasteiger partial charge in [0, 0.05) is 36.3 Å². The number of aromatic amines is 1. The number of hydrogen-bond acceptors (Lipinski definition) is 5. The molecule has 0 aliphatic carbocycles. The highest BCUT2D eigenvalue weighted by Crippen LogP contribution is 2.41. The molecule has 0 saturated heterocycles. The Morgan fingerprint density at radius 2 is 1.84 bits per heavy atom. The predicted molar refractivity (Wildman–Crippen MR) is 128 cm³/mol. The van der Waals surface area contributed by atoms with Crippen LogP contribution in [0.1, 0.15) is 41.6 Å². The van der Waals surface area contributed by atoms with Gasteiger partial charge in [0.15, 0.2) is 17.1 Å². The molecule has 1 atom stereocenters. The van der Waals surface area contributed by atoms with Crippen molar-refractivity contribution in [2.45, 2.75) is 50.6 Å². The van der Waals surface area contributed by atoms with E-state index >= 15 is 0 Å². The van der Waals surface area contributed by atoms with E-state index in [-0.39, 0.29) is 44.7 Å². The number of rotatable bonds is 3. The standard InChI is InChI=1S/C25H24F5N3O3S/c1-13-15(25(28,29)30)12-32-24(36-20-9-8-16(26)22(27)14(20)2)21(13)18-11-19(34)23-17(33-18)7-5-4-6-10-37(23,35)31-3/h8-9,11-12H,4-7,10H2,1-3H3,(H,33,34). The Morgan fingerprint density at radius 3 is 2.51 bits per heavy atom. The second-order valence-electron chi connectivity index (χ2n) is 8.75. The van der Waals surface area contributed by atoms with E-state index in [9.17, 15) is 31.0 Å². The second kappa shape index (κ2) is 9.88. The number of pyridine rings is 2. The molecule has 12 heteroatoms.